The van der Waals surface area contributed by atoms with E-state index < -0.39 is 0 Å². The Hall–Kier alpha value is -2.33. The molecule has 23 heavy (non-hydrogen) atoms. The minimum atomic E-state index is -0.219. The van der Waals surface area contributed by atoms with Crippen LogP contribution in [0.25, 0.3) is 0 Å². The van der Waals surface area contributed by atoms with Crippen molar-refractivity contribution in [2.75, 3.05) is 4.90 Å². The van der Waals surface area contributed by atoms with Gasteiger partial charge in [0.1, 0.15) is 17.2 Å². The van der Waals surface area contributed by atoms with Crippen molar-refractivity contribution in [2.45, 2.75) is 20.0 Å². The number of nitrogens with zero attached hydrogens (tertiary/aromatic N) is 2. The second-order valence-electron chi connectivity index (χ2n) is 5.40. The first-order valence-electron chi connectivity index (χ1n) is 7.24. The third-order valence-corrected chi connectivity index (χ3v) is 3.92. The maximum atomic E-state index is 13.3. The van der Waals surface area contributed by atoms with E-state index in [1.165, 1.54) is 6.07 Å². The van der Waals surface area contributed by atoms with Gasteiger partial charge >= 0.3 is 0 Å². The zero-order valence-corrected chi connectivity index (χ0v) is 13.4. The molecule has 0 bridgehead atoms. The molecule has 0 N–H and O–H groups in total. The summed E-state index contributed by atoms with van der Waals surface area (Å²) in [6.45, 7) is 3.21. The molecule has 0 saturated carbocycles. The summed E-state index contributed by atoms with van der Waals surface area (Å²) < 4.78 is 18.5. The average Bonchev–Trinajstić information content (AvgIpc) is 3.05. The van der Waals surface area contributed by atoms with E-state index in [1.54, 1.807) is 30.9 Å². The molecule has 0 atom stereocenters. The Morgan fingerprint density at radius 3 is 2.70 bits per heavy atom. The van der Waals surface area contributed by atoms with Gasteiger partial charge in [0.25, 0.3) is 0 Å². The van der Waals surface area contributed by atoms with Gasteiger partial charge in [-0.15, -0.1) is 0 Å². The number of halogens is 2. The lowest BCUT2D eigenvalue weighted by atomic mass is 10.1. The summed E-state index contributed by atoms with van der Waals surface area (Å²) in [7, 11) is 0. The monoisotopic (exact) mass is 330 g/mol. The summed E-state index contributed by atoms with van der Waals surface area (Å²) >= 11 is 5.84. The largest absolute Gasteiger partial charge is 0.470 e. The van der Waals surface area contributed by atoms with Crippen molar-refractivity contribution in [1.29, 1.82) is 0 Å². The molecule has 0 fully saturated rings. The third-order valence-electron chi connectivity index (χ3n) is 3.70. The lowest BCUT2D eigenvalue weighted by molar-refractivity contribution is 0.565. The second kappa shape index (κ2) is 6.84. The minimum absolute atomic E-state index is 0.219. The molecular formula is C18H16ClFN2O. The molecule has 2 aromatic heterocycles. The molecule has 3 aromatic rings. The van der Waals surface area contributed by atoms with Gasteiger partial charge in [-0.3, -0.25) is 0 Å². The SMILES string of the molecule is Cc1cc(F)ccc1CN(Cc1ccc(Cl)nc1)c1ccoc1. The Morgan fingerprint density at radius 2 is 2.04 bits per heavy atom. The Labute approximate surface area is 139 Å². The average molecular weight is 331 g/mol. The Balaban J connectivity index is 1.85. The lowest BCUT2D eigenvalue weighted by Crippen LogP contribution is -2.22. The molecule has 5 heteroatoms. The van der Waals surface area contributed by atoms with Crippen molar-refractivity contribution in [3.8, 4) is 0 Å². The van der Waals surface area contributed by atoms with E-state index in [2.05, 4.69) is 9.88 Å². The predicted molar refractivity (Wildman–Crippen MR) is 89.0 cm³/mol. The van der Waals surface area contributed by atoms with Crippen molar-refractivity contribution in [2.24, 2.45) is 0 Å². The van der Waals surface area contributed by atoms with E-state index >= 15 is 0 Å². The molecule has 118 valence electrons. The number of rotatable bonds is 5. The number of hydrogen-bond donors (Lipinski definition) is 0. The molecule has 1 aromatic carbocycles. The normalized spacial score (nSPS) is 10.7. The number of benzene rings is 1. The van der Waals surface area contributed by atoms with Gasteiger partial charge < -0.3 is 9.32 Å². The van der Waals surface area contributed by atoms with Crippen LogP contribution in [0.1, 0.15) is 16.7 Å². The minimum Gasteiger partial charge on any atom is -0.470 e. The van der Waals surface area contributed by atoms with Crippen LogP contribution in [0.5, 0.6) is 0 Å². The van der Waals surface area contributed by atoms with Gasteiger partial charge in [-0.25, -0.2) is 9.37 Å². The summed E-state index contributed by atoms with van der Waals surface area (Å²) in [5, 5.41) is 0.470. The summed E-state index contributed by atoms with van der Waals surface area (Å²) in [6.07, 6.45) is 5.09. The van der Waals surface area contributed by atoms with Gasteiger partial charge in [-0.05, 0) is 47.9 Å². The van der Waals surface area contributed by atoms with Crippen LogP contribution in [0.3, 0.4) is 0 Å². The van der Waals surface area contributed by atoms with Crippen molar-refractivity contribution in [1.82, 2.24) is 4.98 Å². The highest BCUT2D eigenvalue weighted by atomic mass is 35.5. The first-order valence-corrected chi connectivity index (χ1v) is 7.62. The van der Waals surface area contributed by atoms with Crippen LogP contribution in [-0.4, -0.2) is 4.98 Å². The van der Waals surface area contributed by atoms with Gasteiger partial charge in [0.2, 0.25) is 0 Å². The van der Waals surface area contributed by atoms with Crippen molar-refractivity contribution >= 4 is 17.3 Å². The number of pyridine rings is 1. The van der Waals surface area contributed by atoms with Crippen molar-refractivity contribution < 1.29 is 8.81 Å². The van der Waals surface area contributed by atoms with Gasteiger partial charge in [-0.1, -0.05) is 23.7 Å². The Bertz CT molecular complexity index is 772. The van der Waals surface area contributed by atoms with Crippen molar-refractivity contribution in [3.05, 3.63) is 82.8 Å². The predicted octanol–water partition coefficient (Wildman–Crippen LogP) is 4.98. The molecule has 0 unspecified atom stereocenters. The Morgan fingerprint density at radius 1 is 1.17 bits per heavy atom. The highest BCUT2D eigenvalue weighted by molar-refractivity contribution is 6.29. The fourth-order valence-corrected chi connectivity index (χ4v) is 2.55. The molecule has 0 aliphatic carbocycles. The number of aromatic nitrogens is 1. The summed E-state index contributed by atoms with van der Waals surface area (Å²) in [5.74, 6) is -0.219. The molecule has 3 rings (SSSR count). The van der Waals surface area contributed by atoms with Gasteiger partial charge in [0.05, 0.1) is 12.0 Å². The van der Waals surface area contributed by atoms with E-state index in [1.807, 2.05) is 25.1 Å². The van der Waals surface area contributed by atoms with E-state index in [4.69, 9.17) is 16.0 Å². The van der Waals surface area contributed by atoms with E-state index in [0.29, 0.717) is 18.2 Å². The maximum Gasteiger partial charge on any atom is 0.129 e. The zero-order chi connectivity index (χ0) is 16.2. The lowest BCUT2D eigenvalue weighted by Gasteiger charge is -2.24. The van der Waals surface area contributed by atoms with E-state index in [-0.39, 0.29) is 5.82 Å². The molecule has 3 nitrogen and oxygen atoms in total. The molecular weight excluding hydrogens is 315 g/mol. The molecule has 0 aliphatic heterocycles. The van der Waals surface area contributed by atoms with Crippen LogP contribution in [0.15, 0.2) is 59.5 Å². The van der Waals surface area contributed by atoms with Crippen molar-refractivity contribution in [3.63, 3.8) is 0 Å². The smallest absolute Gasteiger partial charge is 0.129 e. The number of anilines is 1. The van der Waals surface area contributed by atoms with Crippen LogP contribution < -0.4 is 4.90 Å². The second-order valence-corrected chi connectivity index (χ2v) is 5.78. The number of hydrogen-bond acceptors (Lipinski definition) is 3. The molecule has 2 heterocycles. The topological polar surface area (TPSA) is 29.3 Å². The quantitative estimate of drug-likeness (QED) is 0.618. The van der Waals surface area contributed by atoms with Gasteiger partial charge in [0.15, 0.2) is 0 Å². The van der Waals surface area contributed by atoms with Crippen LogP contribution in [0, 0.1) is 12.7 Å². The van der Waals surface area contributed by atoms with Gasteiger partial charge in [0, 0.05) is 19.3 Å². The summed E-state index contributed by atoms with van der Waals surface area (Å²) in [6, 6.07) is 10.5. The highest BCUT2D eigenvalue weighted by Gasteiger charge is 2.12. The molecule has 0 spiro atoms. The first kappa shape index (κ1) is 15.6. The van der Waals surface area contributed by atoms with Crippen LogP contribution in [0.4, 0.5) is 10.1 Å². The number of aryl methyl sites for hydroxylation is 1. The number of furan rings is 1. The fraction of sp³-hybridized carbons (Fsp3) is 0.167. The first-order chi connectivity index (χ1) is 11.1. The Kier molecular flexibility index (Phi) is 4.63. The van der Waals surface area contributed by atoms with Crippen LogP contribution >= 0.6 is 11.6 Å². The summed E-state index contributed by atoms with van der Waals surface area (Å²) in [4.78, 5) is 6.26. The molecule has 0 radical (unpaired) electrons. The molecule has 0 saturated heterocycles. The highest BCUT2D eigenvalue weighted by Crippen LogP contribution is 2.22. The summed E-state index contributed by atoms with van der Waals surface area (Å²) in [5.41, 5.74) is 3.99. The standard InChI is InChI=1S/C18H16ClFN2O/c1-13-8-16(20)4-3-15(13)11-22(17-6-7-23-12-17)10-14-2-5-18(19)21-9-14/h2-9,12H,10-11H2,1H3. The third kappa shape index (κ3) is 3.90. The zero-order valence-electron chi connectivity index (χ0n) is 12.7. The van der Waals surface area contributed by atoms with E-state index in [9.17, 15) is 4.39 Å². The van der Waals surface area contributed by atoms with Gasteiger partial charge in [-0.2, -0.15) is 0 Å². The van der Waals surface area contributed by atoms with Crippen LogP contribution in [0.2, 0.25) is 5.15 Å². The van der Waals surface area contributed by atoms with E-state index in [0.717, 1.165) is 22.4 Å². The van der Waals surface area contributed by atoms with Crippen LogP contribution in [-0.2, 0) is 13.1 Å². The molecule has 0 aliphatic rings. The maximum absolute atomic E-state index is 13.3. The fourth-order valence-electron chi connectivity index (χ4n) is 2.44. The molecule has 0 amide bonds.